The molecule has 0 radical (unpaired) electrons. The zero-order valence-electron chi connectivity index (χ0n) is 7.63. The second kappa shape index (κ2) is 2.72. The molecule has 0 aromatic carbocycles. The molecule has 0 bridgehead atoms. The van der Waals surface area contributed by atoms with E-state index in [1.165, 1.54) is 13.0 Å². The minimum atomic E-state index is 0.692. The van der Waals surface area contributed by atoms with Gasteiger partial charge in [-0.25, -0.2) is 0 Å². The van der Waals surface area contributed by atoms with Crippen LogP contribution in [0.15, 0.2) is 29.3 Å². The Labute approximate surface area is 78.6 Å². The number of hydrogen-bond acceptors (Lipinski definition) is 2. The Morgan fingerprint density at radius 3 is 2.92 bits per heavy atom. The molecule has 1 aliphatic carbocycles. The van der Waals surface area contributed by atoms with Gasteiger partial charge in [-0.2, -0.15) is 0 Å². The van der Waals surface area contributed by atoms with E-state index >= 15 is 0 Å². The van der Waals surface area contributed by atoms with Crippen molar-refractivity contribution >= 4 is 6.34 Å². The molecule has 3 atom stereocenters. The lowest BCUT2D eigenvalue weighted by molar-refractivity contribution is 0.192. The Balaban J connectivity index is 1.82. The smallest absolute Gasteiger partial charge is 0.0854 e. The summed E-state index contributed by atoms with van der Waals surface area (Å²) in [4.78, 5) is 6.75. The topological polar surface area (TPSA) is 15.6 Å². The maximum Gasteiger partial charge on any atom is 0.0854 e. The summed E-state index contributed by atoms with van der Waals surface area (Å²) in [5.41, 5.74) is 0. The minimum Gasteiger partial charge on any atom is -0.357 e. The van der Waals surface area contributed by atoms with Crippen LogP contribution >= 0.6 is 0 Å². The molecule has 68 valence electrons. The molecule has 0 amide bonds. The number of hydrogen-bond donors (Lipinski definition) is 0. The molecule has 2 heterocycles. The molecule has 1 fully saturated rings. The van der Waals surface area contributed by atoms with Crippen LogP contribution in [0.4, 0.5) is 0 Å². The first-order chi connectivity index (χ1) is 6.43. The lowest BCUT2D eigenvalue weighted by Gasteiger charge is -2.39. The summed E-state index contributed by atoms with van der Waals surface area (Å²) in [6.45, 7) is 2.18. The van der Waals surface area contributed by atoms with Gasteiger partial charge in [-0.15, -0.1) is 0 Å². The van der Waals surface area contributed by atoms with Crippen LogP contribution in [0.3, 0.4) is 0 Å². The Morgan fingerprint density at radius 1 is 1.15 bits per heavy atom. The van der Waals surface area contributed by atoms with Crippen molar-refractivity contribution in [1.82, 2.24) is 4.90 Å². The van der Waals surface area contributed by atoms with Crippen molar-refractivity contribution in [3.8, 4) is 0 Å². The van der Waals surface area contributed by atoms with E-state index in [1.807, 2.05) is 6.34 Å². The third-order valence-electron chi connectivity index (χ3n) is 3.36. The second-order valence-corrected chi connectivity index (χ2v) is 4.16. The van der Waals surface area contributed by atoms with Crippen LogP contribution in [0, 0.1) is 11.8 Å². The van der Waals surface area contributed by atoms with Crippen molar-refractivity contribution in [2.24, 2.45) is 16.8 Å². The van der Waals surface area contributed by atoms with Crippen LogP contribution in [-0.2, 0) is 0 Å². The summed E-state index contributed by atoms with van der Waals surface area (Å²) in [6.07, 6.45) is 12.4. The summed E-state index contributed by atoms with van der Waals surface area (Å²) in [6, 6.07) is 0.692. The van der Waals surface area contributed by atoms with Crippen LogP contribution in [0.2, 0.25) is 0 Å². The van der Waals surface area contributed by atoms with E-state index in [-0.39, 0.29) is 0 Å². The first-order valence-corrected chi connectivity index (χ1v) is 5.04. The number of aliphatic imine (C=N–C) groups is 1. The van der Waals surface area contributed by atoms with Crippen LogP contribution in [0.1, 0.15) is 6.42 Å². The predicted octanol–water partition coefficient (Wildman–Crippen LogP) is 1.46. The van der Waals surface area contributed by atoms with Crippen molar-refractivity contribution in [2.45, 2.75) is 12.5 Å². The normalized spacial score (nSPS) is 40.6. The van der Waals surface area contributed by atoms with Gasteiger partial charge in [0.1, 0.15) is 0 Å². The SMILES string of the molecule is C1=CC2CC3CN=CN3CC2C=C1. The molecule has 1 saturated heterocycles. The number of allylic oxidation sites excluding steroid dienone is 3. The largest absolute Gasteiger partial charge is 0.357 e. The molecule has 13 heavy (non-hydrogen) atoms. The van der Waals surface area contributed by atoms with E-state index in [2.05, 4.69) is 34.2 Å². The van der Waals surface area contributed by atoms with Gasteiger partial charge in [-0.05, 0) is 12.3 Å². The Morgan fingerprint density at radius 2 is 2.00 bits per heavy atom. The fourth-order valence-electron chi connectivity index (χ4n) is 2.59. The zero-order chi connectivity index (χ0) is 8.67. The summed E-state index contributed by atoms with van der Waals surface area (Å²) < 4.78 is 0. The number of rotatable bonds is 0. The van der Waals surface area contributed by atoms with Crippen LogP contribution in [0.25, 0.3) is 0 Å². The number of fused-ring (bicyclic) bond motifs is 2. The van der Waals surface area contributed by atoms with Gasteiger partial charge >= 0.3 is 0 Å². The van der Waals surface area contributed by atoms with Crippen molar-refractivity contribution in [1.29, 1.82) is 0 Å². The van der Waals surface area contributed by atoms with E-state index in [9.17, 15) is 0 Å². The number of nitrogens with zero attached hydrogens (tertiary/aromatic N) is 2. The van der Waals surface area contributed by atoms with Crippen molar-refractivity contribution in [3.05, 3.63) is 24.3 Å². The van der Waals surface area contributed by atoms with E-state index < -0.39 is 0 Å². The van der Waals surface area contributed by atoms with Crippen LogP contribution in [0.5, 0.6) is 0 Å². The maximum absolute atomic E-state index is 4.34. The highest BCUT2D eigenvalue weighted by Gasteiger charge is 2.34. The van der Waals surface area contributed by atoms with Gasteiger partial charge in [0.05, 0.1) is 18.9 Å². The summed E-state index contributed by atoms with van der Waals surface area (Å²) in [5, 5.41) is 0. The third-order valence-corrected chi connectivity index (χ3v) is 3.36. The quantitative estimate of drug-likeness (QED) is 0.543. The molecule has 3 rings (SSSR count). The molecule has 0 aromatic heterocycles. The van der Waals surface area contributed by atoms with E-state index in [1.54, 1.807) is 0 Å². The molecular formula is C11H14N2. The van der Waals surface area contributed by atoms with Gasteiger partial charge in [0.15, 0.2) is 0 Å². The highest BCUT2D eigenvalue weighted by atomic mass is 15.2. The molecule has 2 nitrogen and oxygen atoms in total. The lowest BCUT2D eigenvalue weighted by Crippen LogP contribution is -2.44. The first-order valence-electron chi connectivity index (χ1n) is 5.04. The molecule has 3 unspecified atom stereocenters. The van der Waals surface area contributed by atoms with Gasteiger partial charge in [0.2, 0.25) is 0 Å². The zero-order valence-corrected chi connectivity index (χ0v) is 7.63. The molecular weight excluding hydrogens is 160 g/mol. The minimum absolute atomic E-state index is 0.692. The van der Waals surface area contributed by atoms with E-state index in [0.717, 1.165) is 18.4 Å². The summed E-state index contributed by atoms with van der Waals surface area (Å²) >= 11 is 0. The monoisotopic (exact) mass is 174 g/mol. The van der Waals surface area contributed by atoms with Gasteiger partial charge in [0.25, 0.3) is 0 Å². The molecule has 2 heteroatoms. The fourth-order valence-corrected chi connectivity index (χ4v) is 2.59. The molecule has 0 spiro atoms. The van der Waals surface area contributed by atoms with Crippen molar-refractivity contribution in [2.75, 3.05) is 13.1 Å². The number of piperidine rings is 1. The lowest BCUT2D eigenvalue weighted by atomic mass is 9.80. The Bertz CT molecular complexity index is 290. The Hall–Kier alpha value is -1.05. The molecule has 2 aliphatic heterocycles. The van der Waals surface area contributed by atoms with Gasteiger partial charge in [0, 0.05) is 12.5 Å². The van der Waals surface area contributed by atoms with E-state index in [4.69, 9.17) is 0 Å². The molecule has 0 saturated carbocycles. The standard InChI is InChI=1S/C11H14N2/c1-2-4-10-7-13-8-12-6-11(13)5-9(10)3-1/h1-4,8-11H,5-7H2. The average molecular weight is 174 g/mol. The molecule has 3 aliphatic rings. The van der Waals surface area contributed by atoms with E-state index in [0.29, 0.717) is 6.04 Å². The third kappa shape index (κ3) is 1.12. The highest BCUT2D eigenvalue weighted by molar-refractivity contribution is 5.58. The van der Waals surface area contributed by atoms with Gasteiger partial charge in [-0.1, -0.05) is 24.3 Å². The van der Waals surface area contributed by atoms with Crippen LogP contribution in [-0.4, -0.2) is 30.4 Å². The Kier molecular flexibility index (Phi) is 1.54. The van der Waals surface area contributed by atoms with Crippen molar-refractivity contribution < 1.29 is 0 Å². The van der Waals surface area contributed by atoms with Crippen LogP contribution < -0.4 is 0 Å². The molecule has 0 aromatic rings. The van der Waals surface area contributed by atoms with Gasteiger partial charge in [-0.3, -0.25) is 4.99 Å². The first kappa shape index (κ1) is 7.36. The highest BCUT2D eigenvalue weighted by Crippen LogP contribution is 2.32. The summed E-state index contributed by atoms with van der Waals surface area (Å²) in [5.74, 6) is 1.50. The maximum atomic E-state index is 4.34. The molecule has 0 N–H and O–H groups in total. The summed E-state index contributed by atoms with van der Waals surface area (Å²) in [7, 11) is 0. The van der Waals surface area contributed by atoms with Crippen molar-refractivity contribution in [3.63, 3.8) is 0 Å². The average Bonchev–Trinajstić information content (AvgIpc) is 2.61. The fraction of sp³-hybridized carbons (Fsp3) is 0.545. The predicted molar refractivity (Wildman–Crippen MR) is 53.7 cm³/mol. The van der Waals surface area contributed by atoms with Gasteiger partial charge < -0.3 is 4.90 Å². The second-order valence-electron chi connectivity index (χ2n) is 4.16.